The Hall–Kier alpha value is -2.56. The third-order valence-electron chi connectivity index (χ3n) is 5.86. The van der Waals surface area contributed by atoms with Crippen molar-refractivity contribution in [2.75, 3.05) is 0 Å². The second kappa shape index (κ2) is 19.9. The molecule has 0 aliphatic heterocycles. The third-order valence-corrected chi connectivity index (χ3v) is 5.86. The van der Waals surface area contributed by atoms with Gasteiger partial charge in [-0.25, -0.2) is 4.79 Å². The van der Waals surface area contributed by atoms with Gasteiger partial charge in [-0.2, -0.15) is 0 Å². The van der Waals surface area contributed by atoms with E-state index in [4.69, 9.17) is 0 Å². The van der Waals surface area contributed by atoms with Crippen LogP contribution in [0.25, 0.3) is 0 Å². The molecule has 0 bridgehead atoms. The maximum atomic E-state index is 12.1. The Bertz CT molecular complexity index is 724. The van der Waals surface area contributed by atoms with Gasteiger partial charge in [-0.3, -0.25) is 4.79 Å². The van der Waals surface area contributed by atoms with Crippen molar-refractivity contribution >= 4 is 11.9 Å². The summed E-state index contributed by atoms with van der Waals surface area (Å²) in [5.74, 6) is -1.13. The number of hydrogen-bond acceptors (Lipinski definition) is 3. The van der Waals surface area contributed by atoms with E-state index in [0.717, 1.165) is 37.7 Å². The molecule has 0 heterocycles. The first-order valence-electron chi connectivity index (χ1n) is 13.1. The number of allylic oxidation sites excluding steroid dienone is 4. The van der Waals surface area contributed by atoms with Crippen molar-refractivity contribution < 1.29 is 19.8 Å². The summed E-state index contributed by atoms with van der Waals surface area (Å²) >= 11 is 0. The fraction of sp³-hybridized carbons (Fsp3) is 0.586. The van der Waals surface area contributed by atoms with Crippen LogP contribution in [-0.4, -0.2) is 28.1 Å². The molecule has 0 saturated carbocycles. The van der Waals surface area contributed by atoms with Crippen molar-refractivity contribution in [1.29, 1.82) is 0 Å². The molecule has 0 aliphatic carbocycles. The zero-order valence-electron chi connectivity index (χ0n) is 21.0. The zero-order chi connectivity index (χ0) is 24.9. The highest BCUT2D eigenvalue weighted by molar-refractivity contribution is 5.83. The molecule has 1 atom stereocenters. The summed E-state index contributed by atoms with van der Waals surface area (Å²) in [6.07, 6.45) is 24.8. The lowest BCUT2D eigenvalue weighted by atomic mass is 10.0. The predicted molar refractivity (Wildman–Crippen MR) is 140 cm³/mol. The van der Waals surface area contributed by atoms with Gasteiger partial charge in [-0.1, -0.05) is 88.3 Å². The summed E-state index contributed by atoms with van der Waals surface area (Å²) in [7, 11) is 0. The molecule has 0 unspecified atom stereocenters. The maximum Gasteiger partial charge on any atom is 0.326 e. The molecular weight excluding hydrogens is 426 g/mol. The smallest absolute Gasteiger partial charge is 0.326 e. The van der Waals surface area contributed by atoms with Crippen molar-refractivity contribution in [1.82, 2.24) is 5.32 Å². The van der Waals surface area contributed by atoms with Crippen LogP contribution in [0.3, 0.4) is 0 Å². The van der Waals surface area contributed by atoms with Crippen LogP contribution in [-0.2, 0) is 16.0 Å². The molecule has 1 rings (SSSR count). The highest BCUT2D eigenvalue weighted by atomic mass is 16.4. The molecule has 190 valence electrons. The van der Waals surface area contributed by atoms with E-state index in [1.54, 1.807) is 12.1 Å². The van der Waals surface area contributed by atoms with Gasteiger partial charge >= 0.3 is 5.97 Å². The first-order chi connectivity index (χ1) is 16.5. The van der Waals surface area contributed by atoms with Crippen LogP contribution in [0.2, 0.25) is 0 Å². The van der Waals surface area contributed by atoms with Crippen LogP contribution in [0.5, 0.6) is 5.75 Å². The lowest BCUT2D eigenvalue weighted by Gasteiger charge is -2.14. The Morgan fingerprint density at radius 1 is 0.824 bits per heavy atom. The van der Waals surface area contributed by atoms with Crippen molar-refractivity contribution in [3.63, 3.8) is 0 Å². The molecule has 5 heteroatoms. The number of amides is 1. The minimum Gasteiger partial charge on any atom is -0.508 e. The molecule has 0 radical (unpaired) electrons. The Morgan fingerprint density at radius 2 is 1.38 bits per heavy atom. The van der Waals surface area contributed by atoms with Gasteiger partial charge in [-0.05, 0) is 56.2 Å². The lowest BCUT2D eigenvalue weighted by molar-refractivity contribution is -0.141. The summed E-state index contributed by atoms with van der Waals surface area (Å²) in [6.45, 7) is 2.23. The van der Waals surface area contributed by atoms with Crippen LogP contribution in [0.1, 0.15) is 102 Å². The molecule has 5 nitrogen and oxygen atoms in total. The molecule has 0 fully saturated rings. The summed E-state index contributed by atoms with van der Waals surface area (Å²) < 4.78 is 0. The summed E-state index contributed by atoms with van der Waals surface area (Å²) in [5, 5.41) is 21.3. The molecule has 3 N–H and O–H groups in total. The second-order valence-corrected chi connectivity index (χ2v) is 9.02. The number of rotatable bonds is 20. The average molecular weight is 472 g/mol. The van der Waals surface area contributed by atoms with E-state index in [-0.39, 0.29) is 18.1 Å². The fourth-order valence-corrected chi connectivity index (χ4v) is 3.78. The number of unbranched alkanes of at least 4 members (excludes halogenated alkanes) is 10. The third kappa shape index (κ3) is 16.1. The van der Waals surface area contributed by atoms with Crippen LogP contribution >= 0.6 is 0 Å². The van der Waals surface area contributed by atoms with Gasteiger partial charge in [0.05, 0.1) is 0 Å². The number of carboxylic acid groups (broad SMARTS) is 1. The molecule has 1 aromatic carbocycles. The summed E-state index contributed by atoms with van der Waals surface area (Å²) in [5.41, 5.74) is 0.760. The van der Waals surface area contributed by atoms with Gasteiger partial charge < -0.3 is 15.5 Å². The van der Waals surface area contributed by atoms with Crippen molar-refractivity contribution in [3.05, 3.63) is 54.1 Å². The molecule has 1 amide bonds. The van der Waals surface area contributed by atoms with Crippen molar-refractivity contribution in [2.24, 2.45) is 0 Å². The number of phenolic OH excluding ortho intramolecular Hbond substituents is 1. The molecule has 34 heavy (non-hydrogen) atoms. The summed E-state index contributed by atoms with van der Waals surface area (Å²) in [6, 6.07) is 5.42. The van der Waals surface area contributed by atoms with Gasteiger partial charge in [0.25, 0.3) is 0 Å². The number of benzene rings is 1. The normalized spacial score (nSPS) is 12.4. The molecule has 0 spiro atoms. The van der Waals surface area contributed by atoms with E-state index in [9.17, 15) is 19.8 Å². The molecule has 0 saturated heterocycles. The number of nitrogens with one attached hydrogen (secondary N) is 1. The molecule has 1 aromatic rings. The second-order valence-electron chi connectivity index (χ2n) is 9.02. The Balaban J connectivity index is 2.00. The highest BCUT2D eigenvalue weighted by Crippen LogP contribution is 2.13. The number of carbonyl (C=O) groups is 2. The van der Waals surface area contributed by atoms with Crippen molar-refractivity contribution in [2.45, 2.75) is 109 Å². The Morgan fingerprint density at radius 3 is 1.97 bits per heavy atom. The van der Waals surface area contributed by atoms with E-state index >= 15 is 0 Å². The van der Waals surface area contributed by atoms with Gasteiger partial charge in [0, 0.05) is 12.8 Å². The standard InChI is InChI=1S/C29H45NO4/c1-2-3-4-5-6-7-8-9-10-11-12-13-14-15-16-17-18-19-28(32)30-27(29(33)34)24-25-20-22-26(31)23-21-25/h6-7,9-10,20-23,27,31H,2-5,8,11-19,24H2,1H3,(H,30,32)(H,33,34)/t27-/m0/s1. The van der Waals surface area contributed by atoms with Crippen LogP contribution in [0.15, 0.2) is 48.6 Å². The Kier molecular flexibility index (Phi) is 17.2. The summed E-state index contributed by atoms with van der Waals surface area (Å²) in [4.78, 5) is 23.6. The number of aromatic hydroxyl groups is 1. The van der Waals surface area contributed by atoms with E-state index < -0.39 is 12.0 Å². The number of phenols is 1. The van der Waals surface area contributed by atoms with Crippen LogP contribution < -0.4 is 5.32 Å². The van der Waals surface area contributed by atoms with E-state index in [0.29, 0.717) is 6.42 Å². The average Bonchev–Trinajstić information content (AvgIpc) is 2.82. The minimum absolute atomic E-state index is 0.132. The first-order valence-corrected chi connectivity index (χ1v) is 13.1. The van der Waals surface area contributed by atoms with Gasteiger partial charge in [0.15, 0.2) is 0 Å². The number of carbonyl (C=O) groups excluding carboxylic acids is 1. The maximum absolute atomic E-state index is 12.1. The topological polar surface area (TPSA) is 86.6 Å². The highest BCUT2D eigenvalue weighted by Gasteiger charge is 2.20. The molecule has 0 aromatic heterocycles. The van der Waals surface area contributed by atoms with Crippen LogP contribution in [0, 0.1) is 0 Å². The zero-order valence-corrected chi connectivity index (χ0v) is 21.0. The van der Waals surface area contributed by atoms with Crippen molar-refractivity contribution in [3.8, 4) is 5.75 Å². The van der Waals surface area contributed by atoms with E-state index in [1.807, 2.05) is 0 Å². The first kappa shape index (κ1) is 29.5. The largest absolute Gasteiger partial charge is 0.508 e. The quantitative estimate of drug-likeness (QED) is 0.140. The molecule has 0 aliphatic rings. The lowest BCUT2D eigenvalue weighted by Crippen LogP contribution is -2.42. The van der Waals surface area contributed by atoms with Gasteiger partial charge in [-0.15, -0.1) is 0 Å². The monoisotopic (exact) mass is 471 g/mol. The SMILES string of the molecule is CCCCCC=CCC=CCCCCCCCCCC(=O)N[C@@H](Cc1ccc(O)cc1)C(=O)O. The number of hydrogen-bond donors (Lipinski definition) is 3. The molecular formula is C29H45NO4. The fourth-order valence-electron chi connectivity index (χ4n) is 3.78. The van der Waals surface area contributed by atoms with Crippen LogP contribution in [0.4, 0.5) is 0 Å². The predicted octanol–water partition coefficient (Wildman–Crippen LogP) is 7.10. The number of aliphatic carboxylic acids is 1. The van der Waals surface area contributed by atoms with Gasteiger partial charge in [0.1, 0.15) is 11.8 Å². The minimum atomic E-state index is -1.05. The van der Waals surface area contributed by atoms with E-state index in [2.05, 4.69) is 36.5 Å². The van der Waals surface area contributed by atoms with Gasteiger partial charge in [0.2, 0.25) is 5.91 Å². The Labute approximate surface area is 206 Å². The van der Waals surface area contributed by atoms with E-state index in [1.165, 1.54) is 63.5 Å². The number of carboxylic acids is 1.